The molecular formula is C11H5BrCl3FN2. The van der Waals surface area contributed by atoms with Crippen molar-refractivity contribution in [2.24, 2.45) is 0 Å². The van der Waals surface area contributed by atoms with E-state index in [-0.39, 0.29) is 10.0 Å². The van der Waals surface area contributed by atoms with Gasteiger partial charge in [0.25, 0.3) is 0 Å². The first-order chi connectivity index (χ1) is 8.47. The molecule has 0 saturated heterocycles. The summed E-state index contributed by atoms with van der Waals surface area (Å²) >= 11 is 20.6. The third-order valence-electron chi connectivity index (χ3n) is 2.05. The molecule has 18 heavy (non-hydrogen) atoms. The number of pyridine rings is 1. The molecule has 1 aromatic heterocycles. The Hall–Kier alpha value is -0.550. The van der Waals surface area contributed by atoms with Crippen molar-refractivity contribution < 1.29 is 4.39 Å². The summed E-state index contributed by atoms with van der Waals surface area (Å²) in [6, 6.07) is 4.50. The first-order valence-electron chi connectivity index (χ1n) is 4.70. The monoisotopic (exact) mass is 368 g/mol. The SMILES string of the molecule is Fc1c(Cl)cc(Nc2ncc(Br)cc2Cl)cc1Cl. The fourth-order valence-corrected chi connectivity index (χ4v) is 2.43. The minimum absolute atomic E-state index is 0.0711. The van der Waals surface area contributed by atoms with Crippen LogP contribution in [0.15, 0.2) is 28.9 Å². The van der Waals surface area contributed by atoms with Crippen LogP contribution in [0.3, 0.4) is 0 Å². The van der Waals surface area contributed by atoms with Gasteiger partial charge in [-0.15, -0.1) is 0 Å². The summed E-state index contributed by atoms with van der Waals surface area (Å²) in [5.74, 6) is -0.225. The molecule has 1 heterocycles. The summed E-state index contributed by atoms with van der Waals surface area (Å²) in [5, 5.41) is 3.18. The Labute approximate surface area is 126 Å². The molecule has 2 aromatic rings. The van der Waals surface area contributed by atoms with Crippen molar-refractivity contribution in [1.82, 2.24) is 4.98 Å². The third kappa shape index (κ3) is 3.06. The molecule has 7 heteroatoms. The molecule has 2 nitrogen and oxygen atoms in total. The molecule has 2 rings (SSSR count). The zero-order valence-corrected chi connectivity index (χ0v) is 12.5. The summed E-state index contributed by atoms with van der Waals surface area (Å²) in [4.78, 5) is 4.09. The van der Waals surface area contributed by atoms with E-state index in [4.69, 9.17) is 34.8 Å². The standard InChI is InChI=1S/C11H5BrCl3FN2/c12-5-1-9(15)11(17-4-5)18-6-2-7(13)10(16)8(14)3-6/h1-4H,(H,17,18). The minimum Gasteiger partial charge on any atom is -0.339 e. The Morgan fingerprint density at radius 3 is 2.22 bits per heavy atom. The number of halogens is 5. The highest BCUT2D eigenvalue weighted by molar-refractivity contribution is 9.10. The normalized spacial score (nSPS) is 10.5. The topological polar surface area (TPSA) is 24.9 Å². The van der Waals surface area contributed by atoms with Crippen molar-refractivity contribution in [2.45, 2.75) is 0 Å². The van der Waals surface area contributed by atoms with Gasteiger partial charge in [0.15, 0.2) is 5.82 Å². The summed E-state index contributed by atoms with van der Waals surface area (Å²) in [6.07, 6.45) is 1.58. The second-order valence-electron chi connectivity index (χ2n) is 3.36. The predicted octanol–water partition coefficient (Wildman–Crippen LogP) is 5.69. The molecule has 0 radical (unpaired) electrons. The Morgan fingerprint density at radius 2 is 1.67 bits per heavy atom. The highest BCUT2D eigenvalue weighted by Gasteiger charge is 2.09. The van der Waals surface area contributed by atoms with Gasteiger partial charge >= 0.3 is 0 Å². The Bertz CT molecular complexity index is 584. The molecule has 0 atom stereocenters. The fourth-order valence-electron chi connectivity index (χ4n) is 1.27. The number of rotatable bonds is 2. The Balaban J connectivity index is 2.34. The molecule has 0 aliphatic rings. The van der Waals surface area contributed by atoms with Gasteiger partial charge in [-0.05, 0) is 34.1 Å². The van der Waals surface area contributed by atoms with E-state index in [1.54, 1.807) is 12.3 Å². The maximum absolute atomic E-state index is 13.2. The molecule has 0 fully saturated rings. The van der Waals surface area contributed by atoms with E-state index in [1.807, 2.05) is 0 Å². The van der Waals surface area contributed by atoms with Crippen molar-refractivity contribution in [3.8, 4) is 0 Å². The highest BCUT2D eigenvalue weighted by atomic mass is 79.9. The lowest BCUT2D eigenvalue weighted by molar-refractivity contribution is 0.629. The van der Waals surface area contributed by atoms with Crippen LogP contribution < -0.4 is 5.32 Å². The molecule has 1 aromatic carbocycles. The number of aromatic nitrogens is 1. The number of anilines is 2. The predicted molar refractivity (Wildman–Crippen MR) is 76.6 cm³/mol. The molecule has 0 amide bonds. The molecule has 0 bridgehead atoms. The van der Waals surface area contributed by atoms with E-state index in [0.717, 1.165) is 4.47 Å². The maximum Gasteiger partial charge on any atom is 0.160 e. The van der Waals surface area contributed by atoms with Crippen LogP contribution in [0.5, 0.6) is 0 Å². The van der Waals surface area contributed by atoms with Crippen LogP contribution in [-0.2, 0) is 0 Å². The molecule has 0 spiro atoms. The second-order valence-corrected chi connectivity index (χ2v) is 5.50. The smallest absolute Gasteiger partial charge is 0.160 e. The van der Waals surface area contributed by atoms with Gasteiger partial charge in [0.2, 0.25) is 0 Å². The van der Waals surface area contributed by atoms with Crippen molar-refractivity contribution in [3.63, 3.8) is 0 Å². The third-order valence-corrected chi connectivity index (χ3v) is 3.33. The van der Waals surface area contributed by atoms with Crippen LogP contribution in [0.2, 0.25) is 15.1 Å². The molecule has 0 unspecified atom stereocenters. The molecule has 0 saturated carbocycles. The second kappa shape index (κ2) is 5.61. The van der Waals surface area contributed by atoms with Crippen LogP contribution >= 0.6 is 50.7 Å². The minimum atomic E-state index is -0.654. The van der Waals surface area contributed by atoms with Gasteiger partial charge in [-0.25, -0.2) is 9.37 Å². The summed E-state index contributed by atoms with van der Waals surface area (Å²) in [5.41, 5.74) is 0.503. The van der Waals surface area contributed by atoms with E-state index in [2.05, 4.69) is 26.2 Å². The van der Waals surface area contributed by atoms with Gasteiger partial charge < -0.3 is 5.32 Å². The zero-order valence-electron chi connectivity index (χ0n) is 8.65. The molecule has 0 aliphatic carbocycles. The lowest BCUT2D eigenvalue weighted by atomic mass is 10.3. The molecule has 94 valence electrons. The molecule has 1 N–H and O–H groups in total. The summed E-state index contributed by atoms with van der Waals surface area (Å²) < 4.78 is 14.0. The van der Waals surface area contributed by atoms with Crippen molar-refractivity contribution >= 4 is 62.2 Å². The lowest BCUT2D eigenvalue weighted by Gasteiger charge is -2.09. The van der Waals surface area contributed by atoms with Crippen LogP contribution in [0.25, 0.3) is 0 Å². The van der Waals surface area contributed by atoms with Crippen molar-refractivity contribution in [3.05, 3.63) is 49.8 Å². The van der Waals surface area contributed by atoms with E-state index in [1.165, 1.54) is 12.1 Å². The number of hydrogen-bond acceptors (Lipinski definition) is 2. The number of hydrogen-bond donors (Lipinski definition) is 1. The first kappa shape index (κ1) is 13.9. The van der Waals surface area contributed by atoms with E-state index in [9.17, 15) is 4.39 Å². The van der Waals surface area contributed by atoms with Gasteiger partial charge in [0.05, 0.1) is 15.1 Å². The quantitative estimate of drug-likeness (QED) is 0.687. The van der Waals surface area contributed by atoms with E-state index < -0.39 is 5.82 Å². The Kier molecular flexibility index (Phi) is 4.33. The summed E-state index contributed by atoms with van der Waals surface area (Å²) in [6.45, 7) is 0. The largest absolute Gasteiger partial charge is 0.339 e. The maximum atomic E-state index is 13.2. The zero-order chi connectivity index (χ0) is 13.3. The first-order valence-corrected chi connectivity index (χ1v) is 6.62. The highest BCUT2D eigenvalue weighted by Crippen LogP contribution is 2.31. The number of nitrogens with one attached hydrogen (secondary N) is 1. The van der Waals surface area contributed by atoms with Crippen molar-refractivity contribution in [2.75, 3.05) is 5.32 Å². The average Bonchev–Trinajstić information content (AvgIpc) is 2.29. The van der Waals surface area contributed by atoms with Crippen LogP contribution in [0.1, 0.15) is 0 Å². The Morgan fingerprint density at radius 1 is 1.06 bits per heavy atom. The van der Waals surface area contributed by atoms with Gasteiger partial charge in [0.1, 0.15) is 5.82 Å². The average molecular weight is 370 g/mol. The van der Waals surface area contributed by atoms with Gasteiger partial charge in [-0.1, -0.05) is 34.8 Å². The van der Waals surface area contributed by atoms with Gasteiger partial charge in [-0.2, -0.15) is 0 Å². The van der Waals surface area contributed by atoms with Crippen LogP contribution in [-0.4, -0.2) is 4.98 Å². The fraction of sp³-hybridized carbons (Fsp3) is 0. The van der Waals surface area contributed by atoms with Crippen LogP contribution in [0.4, 0.5) is 15.9 Å². The van der Waals surface area contributed by atoms with Crippen LogP contribution in [0, 0.1) is 5.82 Å². The summed E-state index contributed by atoms with van der Waals surface area (Å²) in [7, 11) is 0. The number of benzene rings is 1. The van der Waals surface area contributed by atoms with E-state index in [0.29, 0.717) is 16.5 Å². The lowest BCUT2D eigenvalue weighted by Crippen LogP contribution is -1.95. The van der Waals surface area contributed by atoms with Crippen molar-refractivity contribution in [1.29, 1.82) is 0 Å². The molecular weight excluding hydrogens is 365 g/mol. The molecule has 0 aliphatic heterocycles. The number of nitrogens with zero attached hydrogens (tertiary/aromatic N) is 1. The van der Waals surface area contributed by atoms with Gasteiger partial charge in [-0.3, -0.25) is 0 Å². The van der Waals surface area contributed by atoms with E-state index >= 15 is 0 Å². The van der Waals surface area contributed by atoms with Gasteiger partial charge in [0, 0.05) is 16.4 Å².